The van der Waals surface area contributed by atoms with Crippen molar-refractivity contribution in [1.29, 1.82) is 5.26 Å². The second kappa shape index (κ2) is 9.62. The van der Waals surface area contributed by atoms with E-state index in [1.165, 1.54) is 42.5 Å². The van der Waals surface area contributed by atoms with Gasteiger partial charge in [-0.15, -0.1) is 0 Å². The van der Waals surface area contributed by atoms with Crippen LogP contribution in [-0.4, -0.2) is 44.2 Å². The molecule has 12 heteroatoms. The van der Waals surface area contributed by atoms with E-state index in [1.54, 1.807) is 43.3 Å². The van der Waals surface area contributed by atoms with Gasteiger partial charge in [-0.3, -0.25) is 9.36 Å². The minimum Gasteiger partial charge on any atom is -0.369 e. The van der Waals surface area contributed by atoms with E-state index in [1.807, 2.05) is 6.07 Å². The molecule has 0 radical (unpaired) electrons. The van der Waals surface area contributed by atoms with E-state index >= 15 is 0 Å². The summed E-state index contributed by atoms with van der Waals surface area (Å²) in [6.07, 6.45) is -1.87. The van der Waals surface area contributed by atoms with Crippen molar-refractivity contribution in [1.82, 2.24) is 23.8 Å². The van der Waals surface area contributed by atoms with Crippen LogP contribution in [0.1, 0.15) is 11.1 Å². The van der Waals surface area contributed by atoms with Gasteiger partial charge in [0, 0.05) is 21.1 Å². The highest BCUT2D eigenvalue weighted by molar-refractivity contribution is 5.76. The first-order chi connectivity index (χ1) is 17.5. The van der Waals surface area contributed by atoms with Crippen LogP contribution in [0.5, 0.6) is 0 Å². The third-order valence-corrected chi connectivity index (χ3v) is 5.41. The summed E-state index contributed by atoms with van der Waals surface area (Å²) in [7, 11) is 4.57. The Labute approximate surface area is 208 Å². The third-order valence-electron chi connectivity index (χ3n) is 5.41. The summed E-state index contributed by atoms with van der Waals surface area (Å²) < 4.78 is 43.6. The lowest BCUT2D eigenvalue weighted by Crippen LogP contribution is -2.38. The van der Waals surface area contributed by atoms with E-state index in [2.05, 4.69) is 10.1 Å². The molecule has 0 unspecified atom stereocenters. The Bertz CT molecular complexity index is 1650. The van der Waals surface area contributed by atoms with Crippen molar-refractivity contribution in [2.24, 2.45) is 12.0 Å². The molecule has 0 atom stereocenters. The monoisotopic (exact) mass is 507 g/mol. The van der Waals surface area contributed by atoms with E-state index in [0.29, 0.717) is 11.3 Å². The molecule has 9 nitrogen and oxygen atoms in total. The zero-order valence-corrected chi connectivity index (χ0v) is 19.9. The molecule has 2 aromatic heterocycles. The molecular formula is C25H20F3N7O2. The predicted octanol–water partition coefficient (Wildman–Crippen LogP) is 3.50. The summed E-state index contributed by atoms with van der Waals surface area (Å²) in [6, 6.07) is 14.2. The van der Waals surface area contributed by atoms with Gasteiger partial charge in [0.15, 0.2) is 5.82 Å². The predicted molar refractivity (Wildman–Crippen MR) is 131 cm³/mol. The summed E-state index contributed by atoms with van der Waals surface area (Å²) in [6.45, 7) is 0. The number of aliphatic imine (C=N–C) groups is 1. The first kappa shape index (κ1) is 25.2. The number of nitriles is 1. The summed E-state index contributed by atoms with van der Waals surface area (Å²) >= 11 is 0. The Morgan fingerprint density at radius 2 is 1.76 bits per heavy atom. The molecule has 0 aliphatic heterocycles. The van der Waals surface area contributed by atoms with Crippen LogP contribution in [0.4, 0.5) is 19.0 Å². The second-order valence-electron chi connectivity index (χ2n) is 8.22. The lowest BCUT2D eigenvalue weighted by Gasteiger charge is -2.18. The third kappa shape index (κ3) is 4.79. The zero-order chi connectivity index (χ0) is 26.9. The Hall–Kier alpha value is -4.92. The van der Waals surface area contributed by atoms with Gasteiger partial charge in [0.25, 0.3) is 5.56 Å². The highest BCUT2D eigenvalue weighted by Gasteiger charge is 2.31. The van der Waals surface area contributed by atoms with E-state index in [0.717, 1.165) is 21.3 Å². The van der Waals surface area contributed by atoms with Gasteiger partial charge in [0.2, 0.25) is 0 Å². The molecule has 0 saturated carbocycles. The average molecular weight is 507 g/mol. The second-order valence-corrected chi connectivity index (χ2v) is 8.22. The van der Waals surface area contributed by atoms with E-state index in [-0.39, 0.29) is 22.8 Å². The molecule has 0 saturated heterocycles. The molecule has 4 rings (SSSR count). The molecule has 2 heterocycles. The van der Waals surface area contributed by atoms with Crippen LogP contribution < -0.4 is 11.2 Å². The number of rotatable bonds is 5. The van der Waals surface area contributed by atoms with Gasteiger partial charge in [-0.1, -0.05) is 6.07 Å². The molecule has 0 N–H and O–H groups in total. The topological polar surface area (TPSA) is 101 Å². The van der Waals surface area contributed by atoms with Crippen molar-refractivity contribution in [2.45, 2.75) is 6.18 Å². The van der Waals surface area contributed by atoms with Crippen LogP contribution in [0.15, 0.2) is 75.4 Å². The molecular weight excluding hydrogens is 487 g/mol. The van der Waals surface area contributed by atoms with Gasteiger partial charge in [0.05, 0.1) is 46.8 Å². The van der Waals surface area contributed by atoms with Gasteiger partial charge >= 0.3 is 11.9 Å². The number of nitrogens with zero attached hydrogens (tertiary/aromatic N) is 7. The lowest BCUT2D eigenvalue weighted by molar-refractivity contribution is -0.137. The first-order valence-corrected chi connectivity index (χ1v) is 10.8. The Morgan fingerprint density at radius 3 is 2.38 bits per heavy atom. The molecule has 188 valence electrons. The van der Waals surface area contributed by atoms with Crippen molar-refractivity contribution >= 4 is 12.2 Å². The number of hydrogen-bond acceptors (Lipinski definition) is 5. The Kier molecular flexibility index (Phi) is 6.54. The van der Waals surface area contributed by atoms with Crippen LogP contribution in [0.25, 0.3) is 22.6 Å². The van der Waals surface area contributed by atoms with E-state index in [4.69, 9.17) is 5.26 Å². The van der Waals surface area contributed by atoms with Crippen LogP contribution in [0.2, 0.25) is 0 Å². The van der Waals surface area contributed by atoms with E-state index < -0.39 is 23.0 Å². The molecule has 0 amide bonds. The normalized spacial score (nSPS) is 11.6. The molecule has 2 aromatic carbocycles. The SMILES string of the molecule is CN(C)C=Nc1c(-c2ccnn2-c2ccc(C#N)cc2)c(=O)n(C)c(=O)n1-c1cccc(C(F)(F)F)c1. The van der Waals surface area contributed by atoms with Crippen LogP contribution in [-0.2, 0) is 13.2 Å². The number of hydrogen-bond donors (Lipinski definition) is 0. The molecule has 37 heavy (non-hydrogen) atoms. The van der Waals surface area contributed by atoms with Crippen molar-refractivity contribution < 1.29 is 13.2 Å². The fourth-order valence-corrected chi connectivity index (χ4v) is 3.65. The maximum absolute atomic E-state index is 13.5. The fraction of sp³-hybridized carbons (Fsp3) is 0.160. The van der Waals surface area contributed by atoms with Crippen LogP contribution in [0, 0.1) is 11.3 Å². The van der Waals surface area contributed by atoms with E-state index in [9.17, 15) is 22.8 Å². The zero-order valence-electron chi connectivity index (χ0n) is 19.9. The first-order valence-electron chi connectivity index (χ1n) is 10.8. The standard InChI is InChI=1S/C25H20F3N7O2/c1-32(2)15-30-22-21(20-11-12-31-35(20)18-9-7-16(14-29)8-10-18)23(36)33(3)24(37)34(22)19-6-4-5-17(13-19)25(26,27)28/h4-13,15H,1-3H3. The van der Waals surface area contributed by atoms with Gasteiger partial charge in [0.1, 0.15) is 5.56 Å². The van der Waals surface area contributed by atoms with Crippen LogP contribution >= 0.6 is 0 Å². The highest BCUT2D eigenvalue weighted by Crippen LogP contribution is 2.33. The summed E-state index contributed by atoms with van der Waals surface area (Å²) in [4.78, 5) is 32.6. The Morgan fingerprint density at radius 1 is 1.05 bits per heavy atom. The van der Waals surface area contributed by atoms with Crippen LogP contribution in [0.3, 0.4) is 0 Å². The number of aromatic nitrogens is 4. The largest absolute Gasteiger partial charge is 0.416 e. The highest BCUT2D eigenvalue weighted by atomic mass is 19.4. The number of halogens is 3. The van der Waals surface area contributed by atoms with Gasteiger partial charge in [-0.25, -0.2) is 19.0 Å². The summed E-state index contributed by atoms with van der Waals surface area (Å²) in [5, 5.41) is 13.4. The molecule has 4 aromatic rings. The van der Waals surface area contributed by atoms with Crippen molar-refractivity contribution in [3.8, 4) is 28.7 Å². The molecule has 0 spiro atoms. The lowest BCUT2D eigenvalue weighted by atomic mass is 10.1. The average Bonchev–Trinajstić information content (AvgIpc) is 3.35. The van der Waals surface area contributed by atoms with Gasteiger partial charge < -0.3 is 4.90 Å². The molecule has 0 fully saturated rings. The summed E-state index contributed by atoms with van der Waals surface area (Å²) in [5.74, 6) is -0.170. The fourth-order valence-electron chi connectivity index (χ4n) is 3.65. The van der Waals surface area contributed by atoms with Gasteiger partial charge in [-0.05, 0) is 48.5 Å². The maximum Gasteiger partial charge on any atom is 0.416 e. The molecule has 0 aliphatic carbocycles. The molecule has 0 aliphatic rings. The quantitative estimate of drug-likeness (QED) is 0.304. The number of alkyl halides is 3. The summed E-state index contributed by atoms with van der Waals surface area (Å²) in [5.41, 5.74) is -1.54. The number of benzene rings is 2. The Balaban J connectivity index is 2.08. The molecule has 0 bridgehead atoms. The minimum atomic E-state index is -4.65. The van der Waals surface area contributed by atoms with Crippen molar-refractivity contribution in [3.63, 3.8) is 0 Å². The van der Waals surface area contributed by atoms with Crippen molar-refractivity contribution in [2.75, 3.05) is 14.1 Å². The minimum absolute atomic E-state index is 0.0560. The van der Waals surface area contributed by atoms with Gasteiger partial charge in [-0.2, -0.15) is 23.5 Å². The smallest absolute Gasteiger partial charge is 0.369 e. The van der Waals surface area contributed by atoms with Crippen molar-refractivity contribution in [3.05, 3.63) is 92.8 Å². The maximum atomic E-state index is 13.5.